The minimum Gasteiger partial charge on any atom is -0.437 e. The van der Waals surface area contributed by atoms with Crippen LogP contribution in [0.25, 0.3) is 0 Å². The van der Waals surface area contributed by atoms with E-state index < -0.39 is 43.8 Å². The minimum atomic E-state index is -4.05. The first kappa shape index (κ1) is 27.5. The van der Waals surface area contributed by atoms with E-state index in [1.54, 1.807) is 26.0 Å². The number of halogens is 1. The van der Waals surface area contributed by atoms with Gasteiger partial charge in [0.2, 0.25) is 10.0 Å². The van der Waals surface area contributed by atoms with E-state index in [0.29, 0.717) is 31.9 Å². The summed E-state index contributed by atoms with van der Waals surface area (Å²) in [6, 6.07) is 3.46. The molecule has 0 saturated carbocycles. The quantitative estimate of drug-likeness (QED) is 0.217. The zero-order chi connectivity index (χ0) is 25.7. The third kappa shape index (κ3) is 7.13. The number of para-hydroxylation sites is 1. The molecule has 10 nitrogen and oxygen atoms in total. The molecule has 1 fully saturated rings. The van der Waals surface area contributed by atoms with Crippen molar-refractivity contribution in [2.24, 2.45) is 4.99 Å². The number of nitrogens with zero attached hydrogens (tertiary/aromatic N) is 4. The molecule has 0 atom stereocenters. The Labute approximate surface area is 200 Å². The smallest absolute Gasteiger partial charge is 0.398 e. The summed E-state index contributed by atoms with van der Waals surface area (Å²) >= 11 is 0. The molecule has 1 amide bonds. The Morgan fingerprint density at radius 1 is 1.15 bits per heavy atom. The summed E-state index contributed by atoms with van der Waals surface area (Å²) in [7, 11) is 1.13. The number of guanidine groups is 1. The SMILES string of the molecule is CN(C)C(=NC(C)(C)C)N(C)COC(=O)C(=O)Nc1c(F)cccc1S(=O)(=O)N1CCCCC1. The Bertz CT molecular complexity index is 1030. The Kier molecular flexibility index (Phi) is 9.01. The van der Waals surface area contributed by atoms with Crippen LogP contribution in [-0.2, 0) is 24.3 Å². The number of hydrogen-bond acceptors (Lipinski definition) is 6. The lowest BCUT2D eigenvalue weighted by Crippen LogP contribution is -2.42. The van der Waals surface area contributed by atoms with Crippen molar-refractivity contribution in [3.05, 3.63) is 24.0 Å². The molecule has 0 aromatic heterocycles. The van der Waals surface area contributed by atoms with Gasteiger partial charge >= 0.3 is 11.9 Å². The zero-order valence-electron chi connectivity index (χ0n) is 20.6. The van der Waals surface area contributed by atoms with Crippen molar-refractivity contribution >= 4 is 33.5 Å². The highest BCUT2D eigenvalue weighted by molar-refractivity contribution is 7.89. The number of rotatable bonds is 5. The molecule has 1 heterocycles. The molecule has 34 heavy (non-hydrogen) atoms. The van der Waals surface area contributed by atoms with Crippen molar-refractivity contribution < 1.29 is 27.1 Å². The summed E-state index contributed by atoms with van der Waals surface area (Å²) in [6.45, 7) is 6.06. The summed E-state index contributed by atoms with van der Waals surface area (Å²) < 4.78 is 47.0. The molecular weight excluding hydrogens is 465 g/mol. The summed E-state index contributed by atoms with van der Waals surface area (Å²) in [5.41, 5.74) is -0.970. The van der Waals surface area contributed by atoms with Gasteiger partial charge in [0.1, 0.15) is 10.7 Å². The zero-order valence-corrected chi connectivity index (χ0v) is 21.4. The van der Waals surface area contributed by atoms with Crippen molar-refractivity contribution in [2.45, 2.75) is 50.5 Å². The van der Waals surface area contributed by atoms with Gasteiger partial charge < -0.3 is 19.9 Å². The van der Waals surface area contributed by atoms with E-state index in [4.69, 9.17) is 4.74 Å². The van der Waals surface area contributed by atoms with Crippen molar-refractivity contribution in [3.63, 3.8) is 0 Å². The number of carbonyl (C=O) groups is 2. The number of carbonyl (C=O) groups excluding carboxylic acids is 2. The molecule has 0 radical (unpaired) electrons. The van der Waals surface area contributed by atoms with Crippen LogP contribution in [0.2, 0.25) is 0 Å². The van der Waals surface area contributed by atoms with Crippen LogP contribution in [-0.4, -0.2) is 86.9 Å². The topological polar surface area (TPSA) is 112 Å². The first-order valence-electron chi connectivity index (χ1n) is 11.0. The predicted octanol–water partition coefficient (Wildman–Crippen LogP) is 2.09. The fraction of sp³-hybridized carbons (Fsp3) is 0.591. The maximum atomic E-state index is 14.6. The van der Waals surface area contributed by atoms with Gasteiger partial charge in [0.25, 0.3) is 0 Å². The number of nitrogens with one attached hydrogen (secondary N) is 1. The largest absolute Gasteiger partial charge is 0.437 e. The second kappa shape index (κ2) is 11.1. The summed E-state index contributed by atoms with van der Waals surface area (Å²) in [5, 5.41) is 2.08. The number of ether oxygens (including phenoxy) is 1. The van der Waals surface area contributed by atoms with Crippen LogP contribution in [0.1, 0.15) is 40.0 Å². The molecule has 1 aromatic rings. The molecular formula is C22H34FN5O5S. The second-order valence-corrected chi connectivity index (χ2v) is 11.2. The van der Waals surface area contributed by atoms with Gasteiger partial charge in [-0.15, -0.1) is 0 Å². The Morgan fingerprint density at radius 3 is 2.32 bits per heavy atom. The molecule has 12 heteroatoms. The molecule has 1 saturated heterocycles. The average molecular weight is 500 g/mol. The molecule has 0 aliphatic carbocycles. The fourth-order valence-corrected chi connectivity index (χ4v) is 5.03. The highest BCUT2D eigenvalue weighted by Gasteiger charge is 2.31. The Hall–Kier alpha value is -2.73. The number of hydrogen-bond donors (Lipinski definition) is 1. The number of benzene rings is 1. The van der Waals surface area contributed by atoms with E-state index in [0.717, 1.165) is 12.5 Å². The first-order valence-corrected chi connectivity index (χ1v) is 12.4. The summed E-state index contributed by atoms with van der Waals surface area (Å²) in [5.74, 6) is -3.02. The lowest BCUT2D eigenvalue weighted by molar-refractivity contribution is -0.154. The van der Waals surface area contributed by atoms with Crippen molar-refractivity contribution in [1.82, 2.24) is 14.1 Å². The molecule has 0 unspecified atom stereocenters. The van der Waals surface area contributed by atoms with Gasteiger partial charge in [-0.1, -0.05) is 12.5 Å². The minimum absolute atomic E-state index is 0.296. The fourth-order valence-electron chi connectivity index (χ4n) is 3.36. The highest BCUT2D eigenvalue weighted by atomic mass is 32.2. The van der Waals surface area contributed by atoms with Gasteiger partial charge in [0, 0.05) is 34.2 Å². The van der Waals surface area contributed by atoms with E-state index in [-0.39, 0.29) is 6.73 Å². The Balaban J connectivity index is 2.15. The van der Waals surface area contributed by atoms with Crippen LogP contribution in [0.5, 0.6) is 0 Å². The van der Waals surface area contributed by atoms with Crippen LogP contribution in [0.15, 0.2) is 28.1 Å². The van der Waals surface area contributed by atoms with E-state index in [9.17, 15) is 22.4 Å². The highest BCUT2D eigenvalue weighted by Crippen LogP contribution is 2.29. The maximum Gasteiger partial charge on any atom is 0.398 e. The molecule has 190 valence electrons. The lowest BCUT2D eigenvalue weighted by Gasteiger charge is -2.28. The molecule has 1 aliphatic heterocycles. The van der Waals surface area contributed by atoms with Gasteiger partial charge in [-0.2, -0.15) is 4.31 Å². The van der Waals surface area contributed by atoms with E-state index in [1.807, 2.05) is 20.8 Å². The van der Waals surface area contributed by atoms with Crippen LogP contribution in [0, 0.1) is 5.82 Å². The molecule has 2 rings (SSSR count). The van der Waals surface area contributed by atoms with Crippen LogP contribution < -0.4 is 5.32 Å². The van der Waals surface area contributed by atoms with Crippen LogP contribution in [0.4, 0.5) is 10.1 Å². The summed E-state index contributed by atoms with van der Waals surface area (Å²) in [6.07, 6.45) is 2.31. The number of aliphatic imine (C=N–C) groups is 1. The monoisotopic (exact) mass is 499 g/mol. The molecule has 0 spiro atoms. The summed E-state index contributed by atoms with van der Waals surface area (Å²) in [4.78, 5) is 32.2. The van der Waals surface area contributed by atoms with Crippen LogP contribution >= 0.6 is 0 Å². The molecule has 1 aromatic carbocycles. The standard InChI is InChI=1S/C22H34FN5O5S/c1-22(2,3)25-21(26(4)5)27(6)15-33-20(30)19(29)24-18-16(23)11-10-12-17(18)34(31,32)28-13-8-7-9-14-28/h10-12H,7-9,13-15H2,1-6H3,(H,24,29). The predicted molar refractivity (Wildman–Crippen MR) is 127 cm³/mol. The lowest BCUT2D eigenvalue weighted by atomic mass is 10.1. The third-order valence-electron chi connectivity index (χ3n) is 4.90. The number of esters is 1. The van der Waals surface area contributed by atoms with Gasteiger partial charge in [-0.05, 0) is 45.7 Å². The third-order valence-corrected chi connectivity index (χ3v) is 6.84. The van der Waals surface area contributed by atoms with Gasteiger partial charge in [0.05, 0.1) is 11.2 Å². The van der Waals surface area contributed by atoms with Crippen molar-refractivity contribution in [2.75, 3.05) is 46.3 Å². The van der Waals surface area contributed by atoms with Crippen molar-refractivity contribution in [3.8, 4) is 0 Å². The normalized spacial score (nSPS) is 15.6. The second-order valence-electron chi connectivity index (χ2n) is 9.27. The van der Waals surface area contributed by atoms with Crippen molar-refractivity contribution in [1.29, 1.82) is 0 Å². The molecule has 1 aliphatic rings. The maximum absolute atomic E-state index is 14.6. The van der Waals surface area contributed by atoms with Gasteiger partial charge in [0.15, 0.2) is 12.7 Å². The number of piperidine rings is 1. The van der Waals surface area contributed by atoms with Gasteiger partial charge in [-0.3, -0.25) is 4.79 Å². The van der Waals surface area contributed by atoms with E-state index >= 15 is 0 Å². The molecule has 0 bridgehead atoms. The molecule has 1 N–H and O–H groups in total. The average Bonchev–Trinajstić information content (AvgIpc) is 2.76. The van der Waals surface area contributed by atoms with Gasteiger partial charge in [-0.25, -0.2) is 22.6 Å². The van der Waals surface area contributed by atoms with Crippen LogP contribution in [0.3, 0.4) is 0 Å². The Morgan fingerprint density at radius 2 is 1.76 bits per heavy atom. The van der Waals surface area contributed by atoms with E-state index in [1.165, 1.54) is 21.3 Å². The first-order chi connectivity index (χ1) is 15.7. The number of amides is 1. The number of anilines is 1. The van der Waals surface area contributed by atoms with E-state index in [2.05, 4.69) is 10.3 Å². The number of sulfonamides is 1.